The van der Waals surface area contributed by atoms with E-state index >= 15 is 0 Å². The molecule has 0 aliphatic carbocycles. The van der Waals surface area contributed by atoms with Gasteiger partial charge in [-0.3, -0.25) is 14.4 Å². The van der Waals surface area contributed by atoms with Crippen molar-refractivity contribution in [2.45, 2.75) is 25.7 Å². The predicted molar refractivity (Wildman–Crippen MR) is 57.2 cm³/mol. The first-order valence-electron chi connectivity index (χ1n) is 5.42. The van der Waals surface area contributed by atoms with Gasteiger partial charge in [-0.05, 0) is 12.8 Å². The Bertz CT molecular complexity index is 281. The van der Waals surface area contributed by atoms with Crippen LogP contribution >= 0.6 is 0 Å². The van der Waals surface area contributed by atoms with E-state index in [0.29, 0.717) is 32.4 Å². The van der Waals surface area contributed by atoms with Gasteiger partial charge in [0.25, 0.3) is 0 Å². The van der Waals surface area contributed by atoms with Gasteiger partial charge in [-0.15, -0.1) is 0 Å². The van der Waals surface area contributed by atoms with Crippen LogP contribution in [-0.4, -0.2) is 30.8 Å². The molecule has 1 saturated heterocycles. The van der Waals surface area contributed by atoms with Crippen molar-refractivity contribution >= 4 is 17.7 Å². The molecule has 1 unspecified atom stereocenters. The summed E-state index contributed by atoms with van der Waals surface area (Å²) in [5, 5.41) is 5.37. The fraction of sp³-hybridized carbons (Fsp3) is 0.700. The van der Waals surface area contributed by atoms with E-state index in [1.165, 1.54) is 0 Å². The number of carbonyl (C=O) groups is 3. The Balaban J connectivity index is 2.15. The third-order valence-electron chi connectivity index (χ3n) is 2.54. The second-order valence-electron chi connectivity index (χ2n) is 3.90. The highest BCUT2D eigenvalue weighted by Crippen LogP contribution is 2.10. The maximum Gasteiger partial charge on any atom is 0.224 e. The fourth-order valence-electron chi connectivity index (χ4n) is 1.58. The van der Waals surface area contributed by atoms with Gasteiger partial charge >= 0.3 is 0 Å². The molecule has 90 valence electrons. The number of nitrogens with two attached hydrogens (primary N) is 1. The highest BCUT2D eigenvalue weighted by Gasteiger charge is 2.23. The Kier molecular flexibility index (Phi) is 4.75. The van der Waals surface area contributed by atoms with Gasteiger partial charge in [-0.1, -0.05) is 0 Å². The van der Waals surface area contributed by atoms with E-state index in [0.717, 1.165) is 0 Å². The van der Waals surface area contributed by atoms with Gasteiger partial charge in [0.1, 0.15) is 0 Å². The van der Waals surface area contributed by atoms with Crippen LogP contribution in [0.1, 0.15) is 25.7 Å². The summed E-state index contributed by atoms with van der Waals surface area (Å²) in [6.07, 6.45) is 1.83. The molecule has 1 aliphatic rings. The van der Waals surface area contributed by atoms with E-state index in [1.54, 1.807) is 0 Å². The maximum atomic E-state index is 11.6. The summed E-state index contributed by atoms with van der Waals surface area (Å²) in [6, 6.07) is 0. The molecule has 16 heavy (non-hydrogen) atoms. The van der Waals surface area contributed by atoms with Crippen LogP contribution in [0.5, 0.6) is 0 Å². The number of rotatable bonds is 5. The second-order valence-corrected chi connectivity index (χ2v) is 3.90. The van der Waals surface area contributed by atoms with Crippen LogP contribution < -0.4 is 16.4 Å². The third-order valence-corrected chi connectivity index (χ3v) is 2.54. The SMILES string of the molecule is NC(=O)CCCNC(=O)C1CCC(=O)NC1. The lowest BCUT2D eigenvalue weighted by Crippen LogP contribution is -2.43. The van der Waals surface area contributed by atoms with Crippen molar-refractivity contribution in [1.29, 1.82) is 0 Å². The number of carbonyl (C=O) groups excluding carboxylic acids is 3. The molecule has 0 aromatic carbocycles. The van der Waals surface area contributed by atoms with Crippen molar-refractivity contribution in [2.75, 3.05) is 13.1 Å². The number of hydrogen-bond acceptors (Lipinski definition) is 3. The van der Waals surface area contributed by atoms with Crippen molar-refractivity contribution in [3.63, 3.8) is 0 Å². The van der Waals surface area contributed by atoms with Gasteiger partial charge < -0.3 is 16.4 Å². The summed E-state index contributed by atoms with van der Waals surface area (Å²) >= 11 is 0. The highest BCUT2D eigenvalue weighted by atomic mass is 16.2. The average molecular weight is 227 g/mol. The molecule has 1 atom stereocenters. The number of nitrogens with one attached hydrogen (secondary N) is 2. The minimum atomic E-state index is -0.362. The molecule has 0 aromatic rings. The van der Waals surface area contributed by atoms with E-state index in [2.05, 4.69) is 10.6 Å². The van der Waals surface area contributed by atoms with Crippen LogP contribution in [0.3, 0.4) is 0 Å². The summed E-state index contributed by atoms with van der Waals surface area (Å²) in [4.78, 5) is 32.9. The van der Waals surface area contributed by atoms with Crippen LogP contribution in [0.2, 0.25) is 0 Å². The third kappa shape index (κ3) is 4.29. The van der Waals surface area contributed by atoms with Gasteiger partial charge in [0.15, 0.2) is 0 Å². The van der Waals surface area contributed by atoms with Crippen LogP contribution in [-0.2, 0) is 14.4 Å². The zero-order valence-corrected chi connectivity index (χ0v) is 9.12. The summed E-state index contributed by atoms with van der Waals surface area (Å²) in [6.45, 7) is 0.854. The maximum absolute atomic E-state index is 11.6. The van der Waals surface area contributed by atoms with Crippen LogP contribution in [0.25, 0.3) is 0 Å². The monoisotopic (exact) mass is 227 g/mol. The quantitative estimate of drug-likeness (QED) is 0.519. The molecule has 0 spiro atoms. The number of hydrogen-bond donors (Lipinski definition) is 3. The van der Waals surface area contributed by atoms with Gasteiger partial charge in [-0.25, -0.2) is 0 Å². The molecule has 6 nitrogen and oxygen atoms in total. The number of primary amides is 1. The largest absolute Gasteiger partial charge is 0.370 e. The standard InChI is InChI=1S/C10H17N3O3/c11-8(14)2-1-5-12-10(16)7-3-4-9(15)13-6-7/h7H,1-6H2,(H2,11,14)(H,12,16)(H,13,15). The predicted octanol–water partition coefficient (Wildman–Crippen LogP) is -1.11. The Morgan fingerprint density at radius 1 is 1.50 bits per heavy atom. The minimum absolute atomic E-state index is 0.00206. The van der Waals surface area contributed by atoms with E-state index < -0.39 is 0 Å². The molecule has 0 bridgehead atoms. The smallest absolute Gasteiger partial charge is 0.224 e. The first-order valence-corrected chi connectivity index (χ1v) is 5.42. The minimum Gasteiger partial charge on any atom is -0.370 e. The normalized spacial score (nSPS) is 20.0. The van der Waals surface area contributed by atoms with Crippen LogP contribution in [0, 0.1) is 5.92 Å². The first kappa shape index (κ1) is 12.5. The van der Waals surface area contributed by atoms with E-state index in [1.807, 2.05) is 0 Å². The van der Waals surface area contributed by atoms with Crippen molar-refractivity contribution < 1.29 is 14.4 Å². The Hall–Kier alpha value is -1.59. The van der Waals surface area contributed by atoms with Crippen LogP contribution in [0.4, 0.5) is 0 Å². The molecule has 3 amide bonds. The first-order chi connectivity index (χ1) is 7.59. The lowest BCUT2D eigenvalue weighted by molar-refractivity contribution is -0.129. The summed E-state index contributed by atoms with van der Waals surface area (Å²) in [7, 11) is 0. The molecule has 6 heteroatoms. The molecule has 4 N–H and O–H groups in total. The number of piperidine rings is 1. The van der Waals surface area contributed by atoms with E-state index in [-0.39, 0.29) is 30.1 Å². The van der Waals surface area contributed by atoms with Gasteiger partial charge in [0.05, 0.1) is 5.92 Å². The molecule has 1 aliphatic heterocycles. The van der Waals surface area contributed by atoms with Crippen LogP contribution in [0.15, 0.2) is 0 Å². The fourth-order valence-corrected chi connectivity index (χ4v) is 1.58. The van der Waals surface area contributed by atoms with Gasteiger partial charge in [-0.2, -0.15) is 0 Å². The molecular weight excluding hydrogens is 210 g/mol. The van der Waals surface area contributed by atoms with E-state index in [4.69, 9.17) is 5.73 Å². The van der Waals surface area contributed by atoms with E-state index in [9.17, 15) is 14.4 Å². The molecule has 0 aromatic heterocycles. The summed E-state index contributed by atoms with van der Waals surface area (Å²) < 4.78 is 0. The second kappa shape index (κ2) is 6.09. The lowest BCUT2D eigenvalue weighted by Gasteiger charge is -2.21. The van der Waals surface area contributed by atoms with Crippen molar-refractivity contribution in [1.82, 2.24) is 10.6 Å². The Morgan fingerprint density at radius 3 is 2.81 bits per heavy atom. The van der Waals surface area contributed by atoms with Gasteiger partial charge in [0, 0.05) is 25.9 Å². The van der Waals surface area contributed by atoms with Crippen molar-refractivity contribution in [3.05, 3.63) is 0 Å². The van der Waals surface area contributed by atoms with Crippen molar-refractivity contribution in [3.8, 4) is 0 Å². The number of amides is 3. The molecular formula is C10H17N3O3. The molecule has 0 saturated carbocycles. The van der Waals surface area contributed by atoms with Crippen molar-refractivity contribution in [2.24, 2.45) is 11.7 Å². The van der Waals surface area contributed by atoms with Gasteiger partial charge in [0.2, 0.25) is 17.7 Å². The topological polar surface area (TPSA) is 101 Å². The highest BCUT2D eigenvalue weighted by molar-refractivity contribution is 5.83. The Labute approximate surface area is 93.9 Å². The summed E-state index contributed by atoms with van der Waals surface area (Å²) in [5.74, 6) is -0.576. The summed E-state index contributed by atoms with van der Waals surface area (Å²) in [5.41, 5.74) is 4.97. The average Bonchev–Trinajstić information content (AvgIpc) is 2.25. The molecule has 0 radical (unpaired) electrons. The molecule has 1 heterocycles. The molecule has 1 fully saturated rings. The lowest BCUT2D eigenvalue weighted by atomic mass is 9.98. The zero-order chi connectivity index (χ0) is 12.0. The zero-order valence-electron chi connectivity index (χ0n) is 9.12. The Morgan fingerprint density at radius 2 is 2.25 bits per heavy atom. The molecule has 1 rings (SSSR count).